The Kier molecular flexibility index (Phi) is 7.09. The van der Waals surface area contributed by atoms with Gasteiger partial charge in [0.05, 0.1) is 18.6 Å². The number of fused-ring (bicyclic) bond motifs is 1. The van der Waals surface area contributed by atoms with Crippen molar-refractivity contribution in [1.29, 1.82) is 0 Å². The zero-order chi connectivity index (χ0) is 24.4. The standard InChI is InChI=1S/C27H28ClN3O3S/c1-34-16-15-31-25(23-10-5-17-35-23)24(21-8-2-3-9-22(21)26(31)32)27(33)30-13-11-29(12-14-30)20-7-4-6-19(28)18-20/h2-10,17-18,24-25H,11-16H2,1H3/t24-,25+/m1/s1. The van der Waals surface area contributed by atoms with E-state index in [4.69, 9.17) is 16.3 Å². The van der Waals surface area contributed by atoms with Crippen LogP contribution in [0.3, 0.4) is 0 Å². The maximum Gasteiger partial charge on any atom is 0.254 e. The Balaban J connectivity index is 1.46. The Bertz CT molecular complexity index is 1190. The zero-order valence-corrected chi connectivity index (χ0v) is 21.2. The van der Waals surface area contributed by atoms with Crippen molar-refractivity contribution in [1.82, 2.24) is 9.80 Å². The van der Waals surface area contributed by atoms with Crippen molar-refractivity contribution < 1.29 is 14.3 Å². The fourth-order valence-corrected chi connectivity index (χ4v) is 6.18. The number of piperazine rings is 1. The molecule has 1 aromatic heterocycles. The number of thiophene rings is 1. The molecule has 0 N–H and O–H groups in total. The number of carbonyl (C=O) groups excluding carboxylic acids is 2. The summed E-state index contributed by atoms with van der Waals surface area (Å²) in [7, 11) is 1.63. The van der Waals surface area contributed by atoms with Crippen molar-refractivity contribution in [2.24, 2.45) is 0 Å². The van der Waals surface area contributed by atoms with Crippen molar-refractivity contribution in [3.05, 3.63) is 87.1 Å². The highest BCUT2D eigenvalue weighted by Gasteiger charge is 2.46. The largest absolute Gasteiger partial charge is 0.383 e. The first kappa shape index (κ1) is 23.9. The maximum atomic E-state index is 14.2. The summed E-state index contributed by atoms with van der Waals surface area (Å²) in [6.07, 6.45) is 0. The average molecular weight is 510 g/mol. The minimum atomic E-state index is -0.461. The minimum absolute atomic E-state index is 0.0501. The van der Waals surface area contributed by atoms with Gasteiger partial charge in [-0.3, -0.25) is 9.59 Å². The van der Waals surface area contributed by atoms with Crippen LogP contribution in [0, 0.1) is 0 Å². The zero-order valence-electron chi connectivity index (χ0n) is 19.6. The Labute approximate surface area is 214 Å². The Morgan fingerprint density at radius 2 is 1.86 bits per heavy atom. The predicted octanol–water partition coefficient (Wildman–Crippen LogP) is 4.68. The molecule has 2 atom stereocenters. The number of anilines is 1. The number of rotatable bonds is 6. The monoisotopic (exact) mass is 509 g/mol. The lowest BCUT2D eigenvalue weighted by Gasteiger charge is -2.44. The number of benzene rings is 2. The number of hydrogen-bond acceptors (Lipinski definition) is 5. The molecule has 1 fully saturated rings. The number of carbonyl (C=O) groups is 2. The molecule has 35 heavy (non-hydrogen) atoms. The van der Waals surface area contributed by atoms with E-state index < -0.39 is 5.92 Å². The lowest BCUT2D eigenvalue weighted by molar-refractivity contribution is -0.135. The molecule has 1 saturated heterocycles. The minimum Gasteiger partial charge on any atom is -0.383 e. The molecular weight excluding hydrogens is 482 g/mol. The molecule has 0 unspecified atom stereocenters. The van der Waals surface area contributed by atoms with Gasteiger partial charge in [-0.05, 0) is 41.3 Å². The van der Waals surface area contributed by atoms with Crippen LogP contribution in [0.25, 0.3) is 0 Å². The topological polar surface area (TPSA) is 53.1 Å². The van der Waals surface area contributed by atoms with E-state index in [0.717, 1.165) is 29.2 Å². The molecule has 0 spiro atoms. The van der Waals surface area contributed by atoms with Crippen molar-refractivity contribution in [3.63, 3.8) is 0 Å². The van der Waals surface area contributed by atoms with E-state index in [0.29, 0.717) is 36.8 Å². The third-order valence-electron chi connectivity index (χ3n) is 6.84. The molecule has 2 aliphatic rings. The number of ether oxygens (including phenoxy) is 1. The van der Waals surface area contributed by atoms with Crippen LogP contribution in [-0.4, -0.2) is 68.1 Å². The first-order valence-electron chi connectivity index (χ1n) is 11.8. The highest BCUT2D eigenvalue weighted by molar-refractivity contribution is 7.10. The molecule has 0 radical (unpaired) electrons. The van der Waals surface area contributed by atoms with Crippen LogP contribution in [0.2, 0.25) is 5.02 Å². The predicted molar refractivity (Wildman–Crippen MR) is 139 cm³/mol. The van der Waals surface area contributed by atoms with Crippen LogP contribution < -0.4 is 4.90 Å². The van der Waals surface area contributed by atoms with E-state index in [1.54, 1.807) is 18.4 Å². The number of hydrogen-bond donors (Lipinski definition) is 0. The molecule has 182 valence electrons. The van der Waals surface area contributed by atoms with Gasteiger partial charge in [-0.1, -0.05) is 41.9 Å². The summed E-state index contributed by atoms with van der Waals surface area (Å²) in [6, 6.07) is 19.0. The Morgan fingerprint density at radius 1 is 1.06 bits per heavy atom. The quantitative estimate of drug-likeness (QED) is 0.484. The van der Waals surface area contributed by atoms with Crippen LogP contribution in [-0.2, 0) is 9.53 Å². The van der Waals surface area contributed by atoms with E-state index in [2.05, 4.69) is 4.90 Å². The van der Waals surface area contributed by atoms with Gasteiger partial charge in [0.2, 0.25) is 5.91 Å². The lowest BCUT2D eigenvalue weighted by atomic mass is 9.81. The highest BCUT2D eigenvalue weighted by atomic mass is 35.5. The molecule has 2 amide bonds. The summed E-state index contributed by atoms with van der Waals surface area (Å²) >= 11 is 7.77. The normalized spacial score (nSPS) is 20.2. The van der Waals surface area contributed by atoms with Crippen LogP contribution in [0.1, 0.15) is 32.8 Å². The molecule has 3 aromatic rings. The average Bonchev–Trinajstić information content (AvgIpc) is 3.42. The first-order chi connectivity index (χ1) is 17.1. The van der Waals surface area contributed by atoms with Gasteiger partial charge in [-0.15, -0.1) is 11.3 Å². The van der Waals surface area contributed by atoms with Crippen LogP contribution >= 0.6 is 22.9 Å². The summed E-state index contributed by atoms with van der Waals surface area (Å²) in [4.78, 5) is 34.7. The maximum absolute atomic E-state index is 14.2. The van der Waals surface area contributed by atoms with E-state index in [-0.39, 0.29) is 17.9 Å². The first-order valence-corrected chi connectivity index (χ1v) is 13.1. The summed E-state index contributed by atoms with van der Waals surface area (Å²) in [5, 5.41) is 2.71. The van der Waals surface area contributed by atoms with Crippen molar-refractivity contribution >= 4 is 40.4 Å². The summed E-state index contributed by atoms with van der Waals surface area (Å²) in [6.45, 7) is 3.54. The third kappa shape index (κ3) is 4.68. The Morgan fingerprint density at radius 3 is 2.57 bits per heavy atom. The SMILES string of the molecule is COCCN1C(=O)c2ccccc2[C@@H](C(=O)N2CCN(c3cccc(Cl)c3)CC2)[C@@H]1c1cccs1. The summed E-state index contributed by atoms with van der Waals surface area (Å²) < 4.78 is 5.32. The second kappa shape index (κ2) is 10.4. The smallest absolute Gasteiger partial charge is 0.254 e. The molecule has 6 nitrogen and oxygen atoms in total. The van der Waals surface area contributed by atoms with Gasteiger partial charge in [0.25, 0.3) is 5.91 Å². The second-order valence-corrected chi connectivity index (χ2v) is 10.2. The van der Waals surface area contributed by atoms with Gasteiger partial charge in [0.15, 0.2) is 0 Å². The van der Waals surface area contributed by atoms with E-state index >= 15 is 0 Å². The van der Waals surface area contributed by atoms with Gasteiger partial charge in [0, 0.05) is 61.0 Å². The molecule has 0 saturated carbocycles. The molecule has 5 rings (SSSR count). The van der Waals surface area contributed by atoms with Gasteiger partial charge in [-0.25, -0.2) is 0 Å². The van der Waals surface area contributed by atoms with Gasteiger partial charge in [-0.2, -0.15) is 0 Å². The Hall–Kier alpha value is -2.87. The molecular formula is C27H28ClN3O3S. The molecule has 0 bridgehead atoms. The van der Waals surface area contributed by atoms with Crippen LogP contribution in [0.4, 0.5) is 5.69 Å². The fraction of sp³-hybridized carbons (Fsp3) is 0.333. The van der Waals surface area contributed by atoms with E-state index in [1.165, 1.54) is 0 Å². The van der Waals surface area contributed by atoms with Crippen LogP contribution in [0.15, 0.2) is 66.0 Å². The molecule has 2 aromatic carbocycles. The van der Waals surface area contributed by atoms with E-state index in [9.17, 15) is 9.59 Å². The number of amides is 2. The summed E-state index contributed by atoms with van der Waals surface area (Å²) in [5.41, 5.74) is 2.49. The van der Waals surface area contributed by atoms with E-state index in [1.807, 2.05) is 75.8 Å². The fourth-order valence-electron chi connectivity index (χ4n) is 5.12. The molecule has 8 heteroatoms. The van der Waals surface area contributed by atoms with Gasteiger partial charge >= 0.3 is 0 Å². The number of methoxy groups -OCH3 is 1. The highest BCUT2D eigenvalue weighted by Crippen LogP contribution is 2.45. The number of nitrogens with zero attached hydrogens (tertiary/aromatic N) is 3. The summed E-state index contributed by atoms with van der Waals surface area (Å²) in [5.74, 6) is -0.445. The van der Waals surface area contributed by atoms with Crippen LogP contribution in [0.5, 0.6) is 0 Å². The molecule has 3 heterocycles. The molecule has 2 aliphatic heterocycles. The van der Waals surface area contributed by atoms with Crippen molar-refractivity contribution in [3.8, 4) is 0 Å². The van der Waals surface area contributed by atoms with Crippen molar-refractivity contribution in [2.75, 3.05) is 51.3 Å². The van der Waals surface area contributed by atoms with Gasteiger partial charge < -0.3 is 19.4 Å². The third-order valence-corrected chi connectivity index (χ3v) is 8.02. The number of halogens is 1. The second-order valence-electron chi connectivity index (χ2n) is 8.81. The van der Waals surface area contributed by atoms with Crippen molar-refractivity contribution in [2.45, 2.75) is 12.0 Å². The van der Waals surface area contributed by atoms with Gasteiger partial charge in [0.1, 0.15) is 0 Å². The lowest BCUT2D eigenvalue weighted by Crippen LogP contribution is -2.53. The molecule has 0 aliphatic carbocycles.